The molecule has 10 heavy (non-hydrogen) atoms. The van der Waals surface area contributed by atoms with Crippen LogP contribution in [0.1, 0.15) is 6.42 Å². The second-order valence-electron chi connectivity index (χ2n) is 2.89. The second-order valence-corrected chi connectivity index (χ2v) is 2.89. The van der Waals surface area contributed by atoms with Crippen molar-refractivity contribution in [3.05, 3.63) is 0 Å². The van der Waals surface area contributed by atoms with E-state index < -0.39 is 0 Å². The summed E-state index contributed by atoms with van der Waals surface area (Å²) >= 11 is 0. The molecule has 0 bridgehead atoms. The van der Waals surface area contributed by atoms with Crippen LogP contribution in [0.15, 0.2) is 0 Å². The number of hydrogen-bond acceptors (Lipinski definition) is 2. The highest BCUT2D eigenvalue weighted by atomic mass is 16.5. The van der Waals surface area contributed by atoms with E-state index in [4.69, 9.17) is 4.74 Å². The van der Waals surface area contributed by atoms with Gasteiger partial charge in [0.25, 0.3) is 0 Å². The van der Waals surface area contributed by atoms with Gasteiger partial charge in [0.2, 0.25) is 0 Å². The van der Waals surface area contributed by atoms with Crippen LogP contribution < -0.4 is 10.6 Å². The van der Waals surface area contributed by atoms with Crippen molar-refractivity contribution in [1.29, 1.82) is 0 Å². The number of ether oxygens (including phenoxy) is 1. The maximum Gasteiger partial charge on any atom is 0.315 e. The van der Waals surface area contributed by atoms with Crippen molar-refractivity contribution in [3.63, 3.8) is 0 Å². The Morgan fingerprint density at radius 3 is 3.00 bits per heavy atom. The average molecular weight is 142 g/mol. The van der Waals surface area contributed by atoms with Gasteiger partial charge in [-0.05, 0) is 6.42 Å². The summed E-state index contributed by atoms with van der Waals surface area (Å²) in [5, 5.41) is 5.58. The van der Waals surface area contributed by atoms with Crippen LogP contribution in [0.5, 0.6) is 0 Å². The molecule has 1 atom stereocenters. The lowest BCUT2D eigenvalue weighted by Crippen LogP contribution is -2.43. The van der Waals surface area contributed by atoms with E-state index in [9.17, 15) is 4.79 Å². The van der Waals surface area contributed by atoms with Crippen LogP contribution in [0.25, 0.3) is 0 Å². The highest BCUT2D eigenvalue weighted by Gasteiger charge is 2.40. The van der Waals surface area contributed by atoms with Gasteiger partial charge in [-0.2, -0.15) is 0 Å². The van der Waals surface area contributed by atoms with Crippen molar-refractivity contribution >= 4 is 6.03 Å². The summed E-state index contributed by atoms with van der Waals surface area (Å²) in [7, 11) is 0. The van der Waals surface area contributed by atoms with Gasteiger partial charge >= 0.3 is 6.03 Å². The molecule has 56 valence electrons. The van der Waals surface area contributed by atoms with Crippen LogP contribution in [-0.4, -0.2) is 31.3 Å². The zero-order valence-corrected chi connectivity index (χ0v) is 5.64. The predicted molar refractivity (Wildman–Crippen MR) is 34.7 cm³/mol. The van der Waals surface area contributed by atoms with Crippen LogP contribution in [0.2, 0.25) is 0 Å². The summed E-state index contributed by atoms with van der Waals surface area (Å²) in [5.74, 6) is 0. The molecule has 2 saturated heterocycles. The Labute approximate surface area is 58.9 Å². The second kappa shape index (κ2) is 1.85. The highest BCUT2D eigenvalue weighted by Crippen LogP contribution is 2.20. The lowest BCUT2D eigenvalue weighted by Gasteiger charge is -2.17. The maximum absolute atomic E-state index is 10.7. The number of nitrogens with one attached hydrogen (secondary N) is 2. The van der Waals surface area contributed by atoms with Crippen LogP contribution in [-0.2, 0) is 4.74 Å². The van der Waals surface area contributed by atoms with E-state index in [1.165, 1.54) is 0 Å². The Balaban J connectivity index is 2.09. The molecule has 0 aromatic carbocycles. The topological polar surface area (TPSA) is 50.4 Å². The Hall–Kier alpha value is -0.770. The minimum atomic E-state index is -0.0723. The van der Waals surface area contributed by atoms with Gasteiger partial charge in [0.15, 0.2) is 0 Å². The molecule has 2 aliphatic rings. The molecule has 2 aliphatic heterocycles. The fraction of sp³-hybridized carbons (Fsp3) is 0.833. The summed E-state index contributed by atoms with van der Waals surface area (Å²) in [6.45, 7) is 2.14. The van der Waals surface area contributed by atoms with Crippen LogP contribution in [0.3, 0.4) is 0 Å². The van der Waals surface area contributed by atoms with E-state index in [1.54, 1.807) is 0 Å². The smallest absolute Gasteiger partial charge is 0.315 e. The number of hydrogen-bond donors (Lipinski definition) is 2. The van der Waals surface area contributed by atoms with Gasteiger partial charge in [-0.1, -0.05) is 0 Å². The molecule has 0 aromatic rings. The Morgan fingerprint density at radius 1 is 1.60 bits per heavy atom. The lowest BCUT2D eigenvalue weighted by atomic mass is 10.0. The third-order valence-electron chi connectivity index (χ3n) is 2.07. The number of rotatable bonds is 0. The molecule has 2 heterocycles. The van der Waals surface area contributed by atoms with E-state index in [-0.39, 0.29) is 11.6 Å². The number of amides is 2. The minimum absolute atomic E-state index is 0.0644. The number of carbonyl (C=O) groups excluding carboxylic acids is 1. The van der Waals surface area contributed by atoms with E-state index in [0.29, 0.717) is 13.2 Å². The molecule has 1 unspecified atom stereocenters. The minimum Gasteiger partial charge on any atom is -0.379 e. The Kier molecular flexibility index (Phi) is 1.11. The number of urea groups is 1. The third-order valence-corrected chi connectivity index (χ3v) is 2.07. The zero-order chi connectivity index (χ0) is 7.03. The maximum atomic E-state index is 10.7. The molecule has 2 N–H and O–H groups in total. The zero-order valence-electron chi connectivity index (χ0n) is 5.64. The molecular weight excluding hydrogens is 132 g/mol. The van der Waals surface area contributed by atoms with Gasteiger partial charge in [0.05, 0.1) is 12.1 Å². The third kappa shape index (κ3) is 0.759. The lowest BCUT2D eigenvalue weighted by molar-refractivity contribution is 0.175. The predicted octanol–water partition coefficient (Wildman–Crippen LogP) is -0.542. The Bertz CT molecular complexity index is 163. The van der Waals surface area contributed by atoms with Gasteiger partial charge in [-0.25, -0.2) is 4.79 Å². The molecule has 0 radical (unpaired) electrons. The number of carbonyl (C=O) groups is 1. The largest absolute Gasteiger partial charge is 0.379 e. The first kappa shape index (κ1) is 5.97. The van der Waals surface area contributed by atoms with Crippen molar-refractivity contribution in [2.45, 2.75) is 12.0 Å². The summed E-state index contributed by atoms with van der Waals surface area (Å²) in [5.41, 5.74) is -0.0723. The van der Waals surface area contributed by atoms with E-state index in [2.05, 4.69) is 10.6 Å². The normalized spacial score (nSPS) is 38.2. The molecule has 1 spiro atoms. The highest BCUT2D eigenvalue weighted by molar-refractivity contribution is 5.77. The first-order valence-corrected chi connectivity index (χ1v) is 3.45. The van der Waals surface area contributed by atoms with Crippen molar-refractivity contribution in [3.8, 4) is 0 Å². The molecule has 2 amide bonds. The van der Waals surface area contributed by atoms with Crippen LogP contribution >= 0.6 is 0 Å². The SMILES string of the molecule is O=C1NCC2(CCOC2)N1. The van der Waals surface area contributed by atoms with Crippen molar-refractivity contribution in [1.82, 2.24) is 10.6 Å². The van der Waals surface area contributed by atoms with Gasteiger partial charge < -0.3 is 15.4 Å². The van der Waals surface area contributed by atoms with Crippen molar-refractivity contribution in [2.75, 3.05) is 19.8 Å². The van der Waals surface area contributed by atoms with E-state index in [1.807, 2.05) is 0 Å². The molecule has 2 fully saturated rings. The van der Waals surface area contributed by atoms with Gasteiger partial charge in [-0.3, -0.25) is 0 Å². The summed E-state index contributed by atoms with van der Waals surface area (Å²) in [4.78, 5) is 10.7. The fourth-order valence-corrected chi connectivity index (χ4v) is 1.42. The van der Waals surface area contributed by atoms with Crippen LogP contribution in [0, 0.1) is 0 Å². The van der Waals surface area contributed by atoms with E-state index >= 15 is 0 Å². The first-order valence-electron chi connectivity index (χ1n) is 3.45. The molecular formula is C6H10N2O2. The summed E-state index contributed by atoms with van der Waals surface area (Å²) < 4.78 is 5.18. The monoisotopic (exact) mass is 142 g/mol. The summed E-state index contributed by atoms with van der Waals surface area (Å²) in [6.07, 6.45) is 0.936. The summed E-state index contributed by atoms with van der Waals surface area (Å²) in [6, 6.07) is -0.0644. The first-order chi connectivity index (χ1) is 4.81. The molecule has 4 nitrogen and oxygen atoms in total. The quantitative estimate of drug-likeness (QED) is 0.477. The standard InChI is InChI=1S/C6H10N2O2/c9-5-7-3-6(8-5)1-2-10-4-6/h1-4H2,(H2,7,8,9). The van der Waals surface area contributed by atoms with Gasteiger partial charge in [0, 0.05) is 13.2 Å². The molecule has 0 aliphatic carbocycles. The van der Waals surface area contributed by atoms with E-state index in [0.717, 1.165) is 13.0 Å². The Morgan fingerprint density at radius 2 is 2.50 bits per heavy atom. The van der Waals surface area contributed by atoms with Crippen molar-refractivity contribution < 1.29 is 9.53 Å². The average Bonchev–Trinajstić information content (AvgIpc) is 2.46. The van der Waals surface area contributed by atoms with Crippen LogP contribution in [0.4, 0.5) is 4.79 Å². The molecule has 0 saturated carbocycles. The molecule has 4 heteroatoms. The van der Waals surface area contributed by atoms with Crippen molar-refractivity contribution in [2.24, 2.45) is 0 Å². The molecule has 0 aromatic heterocycles. The van der Waals surface area contributed by atoms with Gasteiger partial charge in [0.1, 0.15) is 0 Å². The molecule has 2 rings (SSSR count). The fourth-order valence-electron chi connectivity index (χ4n) is 1.42. The van der Waals surface area contributed by atoms with Gasteiger partial charge in [-0.15, -0.1) is 0 Å².